The first-order valence-electron chi connectivity index (χ1n) is 6.26. The summed E-state index contributed by atoms with van der Waals surface area (Å²) in [7, 11) is 0. The number of amides is 1. The van der Waals surface area contributed by atoms with E-state index in [1.54, 1.807) is 0 Å². The van der Waals surface area contributed by atoms with E-state index in [2.05, 4.69) is 17.5 Å². The van der Waals surface area contributed by atoms with Gasteiger partial charge in [-0.3, -0.25) is 14.9 Å². The van der Waals surface area contributed by atoms with E-state index in [-0.39, 0.29) is 22.8 Å². The molecule has 2 bridgehead atoms. The largest absolute Gasteiger partial charge is 0.346 e. The number of carbonyl (C=O) groups excluding carboxylic acids is 1. The van der Waals surface area contributed by atoms with Gasteiger partial charge in [-0.25, -0.2) is 0 Å². The fraction of sp³-hybridized carbons (Fsp3) is 0.750. The highest BCUT2D eigenvalue weighted by Crippen LogP contribution is 2.46. The maximum absolute atomic E-state index is 11.5. The second kappa shape index (κ2) is 3.82. The molecule has 3 aliphatic rings. The Labute approximate surface area is 99.4 Å². The summed E-state index contributed by atoms with van der Waals surface area (Å²) in [6.45, 7) is 0. The molecule has 1 saturated carbocycles. The molecule has 2 fully saturated rings. The van der Waals surface area contributed by atoms with Crippen LogP contribution in [0.25, 0.3) is 0 Å². The number of nitrogens with one attached hydrogen (secondary N) is 1. The number of piperidine rings is 1. The quantitative estimate of drug-likeness (QED) is 0.443. The molecule has 1 aliphatic heterocycles. The highest BCUT2D eigenvalue weighted by molar-refractivity contribution is 5.77. The molecule has 5 heteroatoms. The summed E-state index contributed by atoms with van der Waals surface area (Å²) in [6, 6.07) is -0.850. The summed E-state index contributed by atoms with van der Waals surface area (Å²) in [6.07, 6.45) is 7.18. The van der Waals surface area contributed by atoms with E-state index < -0.39 is 6.04 Å². The van der Waals surface area contributed by atoms with Gasteiger partial charge in [-0.05, 0) is 30.6 Å². The van der Waals surface area contributed by atoms with Gasteiger partial charge in [-0.1, -0.05) is 12.2 Å². The van der Waals surface area contributed by atoms with Gasteiger partial charge in [0.05, 0.1) is 6.04 Å². The molecule has 0 aromatic heterocycles. The molecule has 92 valence electrons. The number of allylic oxidation sites excluding steroid dienone is 2. The second-order valence-electron chi connectivity index (χ2n) is 5.43. The third-order valence-electron chi connectivity index (χ3n) is 4.47. The monoisotopic (exact) mass is 236 g/mol. The van der Waals surface area contributed by atoms with Crippen molar-refractivity contribution in [1.29, 1.82) is 0 Å². The lowest BCUT2D eigenvalue weighted by Gasteiger charge is -2.33. The van der Waals surface area contributed by atoms with Crippen molar-refractivity contribution in [3.05, 3.63) is 22.3 Å². The molecule has 3 rings (SSSR count). The third-order valence-corrected chi connectivity index (χ3v) is 4.47. The second-order valence-corrected chi connectivity index (χ2v) is 5.43. The Morgan fingerprint density at radius 3 is 2.76 bits per heavy atom. The Hall–Kier alpha value is -1.39. The van der Waals surface area contributed by atoms with Crippen molar-refractivity contribution < 1.29 is 9.72 Å². The number of hydrogen-bond donors (Lipinski definition) is 1. The Kier molecular flexibility index (Phi) is 2.42. The zero-order valence-electron chi connectivity index (χ0n) is 9.54. The van der Waals surface area contributed by atoms with Gasteiger partial charge < -0.3 is 5.32 Å². The number of carbonyl (C=O) groups is 1. The lowest BCUT2D eigenvalue weighted by Crippen LogP contribution is -2.55. The van der Waals surface area contributed by atoms with E-state index in [0.717, 1.165) is 12.8 Å². The van der Waals surface area contributed by atoms with Crippen molar-refractivity contribution in [2.24, 2.45) is 17.8 Å². The number of hydrogen-bond acceptors (Lipinski definition) is 3. The zero-order chi connectivity index (χ0) is 12.0. The van der Waals surface area contributed by atoms with Crippen LogP contribution in [0, 0.1) is 27.9 Å². The summed E-state index contributed by atoms with van der Waals surface area (Å²) < 4.78 is 0. The maximum Gasteiger partial charge on any atom is 0.233 e. The van der Waals surface area contributed by atoms with Crippen molar-refractivity contribution in [2.75, 3.05) is 0 Å². The summed E-state index contributed by atoms with van der Waals surface area (Å²) in [4.78, 5) is 22.3. The van der Waals surface area contributed by atoms with Gasteiger partial charge in [0, 0.05) is 17.8 Å². The van der Waals surface area contributed by atoms with E-state index in [9.17, 15) is 14.9 Å². The number of fused-ring (bicyclic) bond motifs is 2. The highest BCUT2D eigenvalue weighted by Gasteiger charge is 2.48. The average molecular weight is 236 g/mol. The first-order chi connectivity index (χ1) is 8.15. The molecule has 17 heavy (non-hydrogen) atoms. The van der Waals surface area contributed by atoms with Crippen molar-refractivity contribution in [3.63, 3.8) is 0 Å². The Morgan fingerprint density at radius 2 is 2.18 bits per heavy atom. The summed E-state index contributed by atoms with van der Waals surface area (Å²) >= 11 is 0. The standard InChI is InChI=1S/C12H16N2O3/c15-11-4-3-10(14(16)17)12(13-11)9-6-7-1-2-8(9)5-7/h1-2,7-10,12H,3-6H2,(H,13,15)/t7-,8-,9-,10-,12-/m0/s1. The minimum absolute atomic E-state index is 0.0279. The van der Waals surface area contributed by atoms with Crippen molar-refractivity contribution in [3.8, 4) is 0 Å². The number of rotatable bonds is 2. The Morgan fingerprint density at radius 1 is 1.35 bits per heavy atom. The summed E-state index contributed by atoms with van der Waals surface area (Å²) in [5, 5.41) is 13.9. The molecule has 1 saturated heterocycles. The van der Waals surface area contributed by atoms with Gasteiger partial charge in [0.15, 0.2) is 0 Å². The van der Waals surface area contributed by atoms with Gasteiger partial charge in [0.2, 0.25) is 11.9 Å². The van der Waals surface area contributed by atoms with Crippen LogP contribution >= 0.6 is 0 Å². The molecule has 1 N–H and O–H groups in total. The lowest BCUT2D eigenvalue weighted by molar-refractivity contribution is -0.530. The average Bonchev–Trinajstić information content (AvgIpc) is 2.90. The van der Waals surface area contributed by atoms with Crippen LogP contribution in [-0.2, 0) is 4.79 Å². The van der Waals surface area contributed by atoms with Crippen LogP contribution in [0.5, 0.6) is 0 Å². The van der Waals surface area contributed by atoms with E-state index in [1.807, 2.05) is 0 Å². The van der Waals surface area contributed by atoms with Crippen molar-refractivity contribution >= 4 is 5.91 Å². The highest BCUT2D eigenvalue weighted by atomic mass is 16.6. The van der Waals surface area contributed by atoms with Crippen LogP contribution in [0.1, 0.15) is 25.7 Å². The van der Waals surface area contributed by atoms with Gasteiger partial charge >= 0.3 is 0 Å². The number of nitrogens with zero attached hydrogens (tertiary/aromatic N) is 1. The van der Waals surface area contributed by atoms with Gasteiger partial charge in [0.1, 0.15) is 0 Å². The van der Waals surface area contributed by atoms with Crippen LogP contribution in [0.15, 0.2) is 12.2 Å². The van der Waals surface area contributed by atoms with Crippen LogP contribution < -0.4 is 5.32 Å². The summed E-state index contributed by atoms with van der Waals surface area (Å²) in [5.41, 5.74) is 0. The molecule has 5 nitrogen and oxygen atoms in total. The minimum atomic E-state index is -0.592. The first kappa shape index (κ1) is 10.7. The van der Waals surface area contributed by atoms with Crippen LogP contribution in [0.3, 0.4) is 0 Å². The van der Waals surface area contributed by atoms with Crippen LogP contribution in [-0.4, -0.2) is 22.9 Å². The minimum Gasteiger partial charge on any atom is -0.346 e. The SMILES string of the molecule is O=C1CC[C@H]([N+](=O)[O-])[C@H]([C@H]2C[C@H]3C=C[C@H]2C3)N1. The molecule has 0 spiro atoms. The van der Waals surface area contributed by atoms with E-state index >= 15 is 0 Å². The molecule has 0 unspecified atom stereocenters. The molecule has 0 aromatic carbocycles. The van der Waals surface area contributed by atoms with Crippen LogP contribution in [0.2, 0.25) is 0 Å². The fourth-order valence-electron chi connectivity index (χ4n) is 3.68. The Balaban J connectivity index is 1.80. The Bertz CT molecular complexity index is 393. The topological polar surface area (TPSA) is 72.2 Å². The molecular formula is C12H16N2O3. The van der Waals surface area contributed by atoms with E-state index in [0.29, 0.717) is 24.7 Å². The molecule has 1 amide bonds. The molecule has 2 aliphatic carbocycles. The van der Waals surface area contributed by atoms with E-state index in [4.69, 9.17) is 0 Å². The van der Waals surface area contributed by atoms with Gasteiger partial charge in [-0.2, -0.15) is 0 Å². The smallest absolute Gasteiger partial charge is 0.233 e. The molecule has 0 radical (unpaired) electrons. The molecule has 1 heterocycles. The fourth-order valence-corrected chi connectivity index (χ4v) is 3.68. The van der Waals surface area contributed by atoms with Gasteiger partial charge in [0.25, 0.3) is 0 Å². The molecular weight excluding hydrogens is 220 g/mol. The molecule has 0 aromatic rings. The first-order valence-corrected chi connectivity index (χ1v) is 6.26. The summed E-state index contributed by atoms with van der Waals surface area (Å²) in [5.74, 6) is 1.26. The van der Waals surface area contributed by atoms with Crippen LogP contribution in [0.4, 0.5) is 0 Å². The predicted octanol–water partition coefficient (Wildman–Crippen LogP) is 1.12. The number of nitro groups is 1. The normalized spacial score (nSPS) is 43.8. The van der Waals surface area contributed by atoms with Crippen molar-refractivity contribution in [1.82, 2.24) is 5.32 Å². The van der Waals surface area contributed by atoms with Gasteiger partial charge in [-0.15, -0.1) is 0 Å². The maximum atomic E-state index is 11.5. The molecule has 5 atom stereocenters. The third kappa shape index (κ3) is 1.73. The van der Waals surface area contributed by atoms with E-state index in [1.165, 1.54) is 0 Å². The predicted molar refractivity (Wildman–Crippen MR) is 60.8 cm³/mol. The lowest BCUT2D eigenvalue weighted by atomic mass is 9.80. The zero-order valence-corrected chi connectivity index (χ0v) is 9.54. The van der Waals surface area contributed by atoms with Crippen molar-refractivity contribution in [2.45, 2.75) is 37.8 Å².